The van der Waals surface area contributed by atoms with E-state index in [9.17, 15) is 9.18 Å². The predicted molar refractivity (Wildman–Crippen MR) is 130 cm³/mol. The van der Waals surface area contributed by atoms with E-state index in [1.165, 1.54) is 17.4 Å². The molecule has 5 rings (SSSR count). The summed E-state index contributed by atoms with van der Waals surface area (Å²) in [6.45, 7) is 0. The second-order valence-electron chi connectivity index (χ2n) is 7.57. The van der Waals surface area contributed by atoms with Gasteiger partial charge in [0.2, 0.25) is 0 Å². The molecule has 0 aliphatic heterocycles. The van der Waals surface area contributed by atoms with Crippen LogP contribution in [0.4, 0.5) is 4.39 Å². The first kappa shape index (κ1) is 21.7. The molecule has 0 atom stereocenters. The van der Waals surface area contributed by atoms with E-state index in [2.05, 4.69) is 9.97 Å². The Kier molecular flexibility index (Phi) is 5.73. The standard InChI is InChI=1S/C26H19FN4O2S/c1-33-16-11-9-15(10-12-16)26-29-14-17(34-26)13-22-24(25(28)32)30-21-8-4-6-19(23(21)31-22)18-5-2-3-7-20(18)27/h2-12,14H,13H2,1H3,(H2,28,32). The smallest absolute Gasteiger partial charge is 0.269 e. The van der Waals surface area contributed by atoms with Crippen molar-refractivity contribution in [3.05, 3.63) is 95.0 Å². The van der Waals surface area contributed by atoms with Crippen LogP contribution < -0.4 is 10.5 Å². The van der Waals surface area contributed by atoms with Gasteiger partial charge in [-0.05, 0) is 36.4 Å². The third-order valence-corrected chi connectivity index (χ3v) is 6.44. The molecule has 0 aliphatic carbocycles. The summed E-state index contributed by atoms with van der Waals surface area (Å²) in [5, 5.41) is 0.832. The number of fused-ring (bicyclic) bond motifs is 1. The number of halogens is 1. The van der Waals surface area contributed by atoms with Gasteiger partial charge in [0.1, 0.15) is 16.6 Å². The third kappa shape index (κ3) is 4.11. The summed E-state index contributed by atoms with van der Waals surface area (Å²) in [7, 11) is 1.62. The summed E-state index contributed by atoms with van der Waals surface area (Å²) >= 11 is 1.49. The van der Waals surface area contributed by atoms with Crippen molar-refractivity contribution in [3.63, 3.8) is 0 Å². The molecule has 8 heteroatoms. The Morgan fingerprint density at radius 2 is 1.76 bits per heavy atom. The fourth-order valence-electron chi connectivity index (χ4n) is 3.75. The number of carbonyl (C=O) groups is 1. The lowest BCUT2D eigenvalue weighted by atomic mass is 10.0. The highest BCUT2D eigenvalue weighted by Gasteiger charge is 2.18. The molecule has 0 saturated heterocycles. The molecule has 0 saturated carbocycles. The maximum atomic E-state index is 14.5. The summed E-state index contributed by atoms with van der Waals surface area (Å²) < 4.78 is 19.7. The van der Waals surface area contributed by atoms with E-state index in [0.717, 1.165) is 21.2 Å². The van der Waals surface area contributed by atoms with Crippen LogP contribution in [-0.2, 0) is 6.42 Å². The fourth-order valence-corrected chi connectivity index (χ4v) is 4.67. The molecule has 0 bridgehead atoms. The monoisotopic (exact) mass is 470 g/mol. The molecule has 0 fully saturated rings. The minimum absolute atomic E-state index is 0.0950. The lowest BCUT2D eigenvalue weighted by molar-refractivity contribution is 0.0994. The van der Waals surface area contributed by atoms with Crippen LogP contribution in [-0.4, -0.2) is 28.0 Å². The molecule has 168 valence electrons. The van der Waals surface area contributed by atoms with Crippen molar-refractivity contribution in [2.45, 2.75) is 6.42 Å². The van der Waals surface area contributed by atoms with Gasteiger partial charge in [0.15, 0.2) is 5.69 Å². The molecule has 0 aliphatic rings. The molecule has 0 spiro atoms. The Balaban J connectivity index is 1.57. The number of hydrogen-bond donors (Lipinski definition) is 1. The third-order valence-electron chi connectivity index (χ3n) is 5.40. The van der Waals surface area contributed by atoms with E-state index in [1.54, 1.807) is 49.7 Å². The number of aromatic nitrogens is 3. The predicted octanol–water partition coefficient (Wildman–Crippen LogP) is 5.26. The second kappa shape index (κ2) is 8.99. The number of benzene rings is 3. The first-order valence-corrected chi connectivity index (χ1v) is 11.3. The van der Waals surface area contributed by atoms with Crippen molar-refractivity contribution in [1.29, 1.82) is 0 Å². The van der Waals surface area contributed by atoms with E-state index in [4.69, 9.17) is 15.5 Å². The number of hydrogen-bond acceptors (Lipinski definition) is 6. The summed E-state index contributed by atoms with van der Waals surface area (Å²) in [6.07, 6.45) is 2.07. The van der Waals surface area contributed by atoms with Crippen LogP contribution in [0.5, 0.6) is 5.75 Å². The van der Waals surface area contributed by atoms with Gasteiger partial charge in [-0.25, -0.2) is 19.3 Å². The van der Waals surface area contributed by atoms with E-state index < -0.39 is 5.91 Å². The minimum Gasteiger partial charge on any atom is -0.497 e. The van der Waals surface area contributed by atoms with Crippen molar-refractivity contribution in [1.82, 2.24) is 15.0 Å². The average Bonchev–Trinajstić information content (AvgIpc) is 3.32. The zero-order valence-electron chi connectivity index (χ0n) is 18.2. The Bertz CT molecular complexity index is 1520. The normalized spacial score (nSPS) is 11.0. The molecule has 2 N–H and O–H groups in total. The zero-order chi connectivity index (χ0) is 23.7. The Morgan fingerprint density at radius 1 is 1.00 bits per heavy atom. The SMILES string of the molecule is COc1ccc(-c2ncc(Cc3nc4c(-c5ccccc5F)cccc4nc3C(N)=O)s2)cc1. The number of carbonyl (C=O) groups excluding carboxylic acids is 1. The molecule has 5 aromatic rings. The van der Waals surface area contributed by atoms with Crippen molar-refractivity contribution >= 4 is 28.3 Å². The fraction of sp³-hybridized carbons (Fsp3) is 0.0769. The van der Waals surface area contributed by atoms with Crippen LogP contribution in [0.3, 0.4) is 0 Å². The van der Waals surface area contributed by atoms with Crippen molar-refractivity contribution in [2.24, 2.45) is 5.73 Å². The van der Waals surface area contributed by atoms with Crippen molar-refractivity contribution in [2.75, 3.05) is 7.11 Å². The Labute approximate surface area is 198 Å². The van der Waals surface area contributed by atoms with Crippen LogP contribution >= 0.6 is 11.3 Å². The molecular formula is C26H19FN4O2S. The van der Waals surface area contributed by atoms with Crippen LogP contribution in [0.2, 0.25) is 0 Å². The average molecular weight is 471 g/mol. The molecule has 1 amide bonds. The first-order valence-electron chi connectivity index (χ1n) is 10.5. The van der Waals surface area contributed by atoms with Crippen LogP contribution in [0, 0.1) is 5.82 Å². The van der Waals surface area contributed by atoms with Crippen molar-refractivity contribution in [3.8, 4) is 27.4 Å². The maximum Gasteiger partial charge on any atom is 0.269 e. The highest BCUT2D eigenvalue weighted by Crippen LogP contribution is 2.31. The first-order chi connectivity index (χ1) is 16.5. The van der Waals surface area contributed by atoms with Gasteiger partial charge in [0.25, 0.3) is 5.91 Å². The van der Waals surface area contributed by atoms with Gasteiger partial charge < -0.3 is 10.5 Å². The summed E-state index contributed by atoms with van der Waals surface area (Å²) in [5.41, 5.74) is 9.10. The molecule has 0 radical (unpaired) electrons. The van der Waals surface area contributed by atoms with Gasteiger partial charge in [-0.1, -0.05) is 30.3 Å². The lowest BCUT2D eigenvalue weighted by Gasteiger charge is -2.11. The molecular weight excluding hydrogens is 451 g/mol. The topological polar surface area (TPSA) is 91.0 Å². The molecule has 0 unspecified atom stereocenters. The minimum atomic E-state index is -0.666. The summed E-state index contributed by atoms with van der Waals surface area (Å²) in [6, 6.07) is 19.4. The van der Waals surface area contributed by atoms with Gasteiger partial charge in [-0.15, -0.1) is 11.3 Å². The highest BCUT2D eigenvalue weighted by molar-refractivity contribution is 7.15. The van der Waals surface area contributed by atoms with Gasteiger partial charge in [-0.3, -0.25) is 4.79 Å². The van der Waals surface area contributed by atoms with Gasteiger partial charge in [-0.2, -0.15) is 0 Å². The highest BCUT2D eigenvalue weighted by atomic mass is 32.1. The van der Waals surface area contributed by atoms with E-state index >= 15 is 0 Å². The molecule has 2 aromatic heterocycles. The Hall–Kier alpha value is -4.17. The largest absolute Gasteiger partial charge is 0.497 e. The van der Waals surface area contributed by atoms with Crippen LogP contribution in [0.1, 0.15) is 21.1 Å². The summed E-state index contributed by atoms with van der Waals surface area (Å²) in [5.74, 6) is -0.256. The van der Waals surface area contributed by atoms with Gasteiger partial charge >= 0.3 is 0 Å². The number of thiazole rings is 1. The van der Waals surface area contributed by atoms with Crippen molar-refractivity contribution < 1.29 is 13.9 Å². The second-order valence-corrected chi connectivity index (χ2v) is 8.69. The van der Waals surface area contributed by atoms with E-state index in [-0.39, 0.29) is 11.5 Å². The number of amides is 1. The number of nitrogens with two attached hydrogens (primary N) is 1. The zero-order valence-corrected chi connectivity index (χ0v) is 19.0. The molecule has 34 heavy (non-hydrogen) atoms. The van der Waals surface area contributed by atoms with Gasteiger partial charge in [0.05, 0.1) is 23.8 Å². The lowest BCUT2D eigenvalue weighted by Crippen LogP contribution is -2.17. The number of nitrogens with zero attached hydrogens (tertiary/aromatic N) is 3. The van der Waals surface area contributed by atoms with E-state index in [1.807, 2.05) is 24.3 Å². The molecule has 3 aromatic carbocycles. The number of para-hydroxylation sites is 1. The summed E-state index contributed by atoms with van der Waals surface area (Å²) in [4.78, 5) is 26.8. The Morgan fingerprint density at radius 3 is 2.50 bits per heavy atom. The number of methoxy groups -OCH3 is 1. The quantitative estimate of drug-likeness (QED) is 0.366. The molecule has 2 heterocycles. The van der Waals surface area contributed by atoms with Crippen LogP contribution in [0.15, 0.2) is 72.9 Å². The number of primary amides is 1. The van der Waals surface area contributed by atoms with Gasteiger partial charge in [0, 0.05) is 34.2 Å². The molecule has 6 nitrogen and oxygen atoms in total. The maximum absolute atomic E-state index is 14.5. The number of rotatable bonds is 6. The van der Waals surface area contributed by atoms with Crippen LogP contribution in [0.25, 0.3) is 32.7 Å². The van der Waals surface area contributed by atoms with E-state index in [0.29, 0.717) is 34.3 Å². The number of ether oxygens (including phenoxy) is 1.